The topological polar surface area (TPSA) is 23.6 Å². The van der Waals surface area contributed by atoms with Crippen LogP contribution < -0.4 is 0 Å². The van der Waals surface area contributed by atoms with Gasteiger partial charge in [0.1, 0.15) is 0 Å². The average molecular weight is 311 g/mol. The van der Waals surface area contributed by atoms with Crippen molar-refractivity contribution in [2.45, 2.75) is 6.92 Å². The fourth-order valence-electron chi connectivity index (χ4n) is 2.24. The van der Waals surface area contributed by atoms with Crippen LogP contribution in [0.3, 0.4) is 0 Å². The fraction of sp³-hybridized carbons (Fsp3) is 0.500. The van der Waals surface area contributed by atoms with Gasteiger partial charge in [0.05, 0.1) is 6.54 Å². The third-order valence-electron chi connectivity index (χ3n) is 3.45. The van der Waals surface area contributed by atoms with Crippen molar-refractivity contribution in [3.05, 3.63) is 34.3 Å². The number of hydrogen-bond donors (Lipinski definition) is 0. The van der Waals surface area contributed by atoms with Gasteiger partial charge in [-0.05, 0) is 12.6 Å². The van der Waals surface area contributed by atoms with Crippen LogP contribution in [-0.2, 0) is 0 Å². The normalized spacial score (nSPS) is 17.9. The van der Waals surface area contributed by atoms with Crippen LogP contribution in [0.1, 0.15) is 17.3 Å². The standard InChI is InChI=1S/C14H19BrN2O/c1-2-16-7-9-17(10-8-16)11-14(18)12-5-3-4-6-13(12)15/h3-6H,2,7-11H2,1H3. The van der Waals surface area contributed by atoms with E-state index in [1.54, 1.807) is 0 Å². The summed E-state index contributed by atoms with van der Waals surface area (Å²) < 4.78 is 0.891. The molecule has 3 nitrogen and oxygen atoms in total. The molecule has 0 unspecified atom stereocenters. The zero-order valence-corrected chi connectivity index (χ0v) is 12.3. The van der Waals surface area contributed by atoms with Crippen molar-refractivity contribution in [2.24, 2.45) is 0 Å². The molecule has 0 aromatic heterocycles. The molecule has 0 radical (unpaired) electrons. The van der Waals surface area contributed by atoms with Crippen molar-refractivity contribution in [3.63, 3.8) is 0 Å². The Kier molecular flexibility index (Phi) is 4.92. The highest BCUT2D eigenvalue weighted by atomic mass is 79.9. The minimum Gasteiger partial charge on any atom is -0.301 e. The lowest BCUT2D eigenvalue weighted by Gasteiger charge is -2.33. The number of ketones is 1. The van der Waals surface area contributed by atoms with E-state index in [0.717, 1.165) is 42.8 Å². The second-order valence-electron chi connectivity index (χ2n) is 4.61. The third kappa shape index (κ3) is 3.40. The first-order valence-corrected chi connectivity index (χ1v) is 7.22. The van der Waals surface area contributed by atoms with Crippen molar-refractivity contribution in [1.29, 1.82) is 0 Å². The smallest absolute Gasteiger partial charge is 0.177 e. The summed E-state index contributed by atoms with van der Waals surface area (Å²) in [6, 6.07) is 7.64. The Morgan fingerprint density at radius 2 is 1.78 bits per heavy atom. The number of rotatable bonds is 4. The number of Topliss-reactive ketones (excluding diaryl/α,β-unsaturated/α-hetero) is 1. The van der Waals surface area contributed by atoms with E-state index in [1.807, 2.05) is 24.3 Å². The first-order valence-electron chi connectivity index (χ1n) is 6.43. The van der Waals surface area contributed by atoms with Crippen LogP contribution in [0.25, 0.3) is 0 Å². The molecule has 98 valence electrons. The van der Waals surface area contributed by atoms with E-state index in [4.69, 9.17) is 0 Å². The maximum atomic E-state index is 12.2. The molecule has 1 heterocycles. The molecule has 2 rings (SSSR count). The molecule has 0 atom stereocenters. The number of benzene rings is 1. The first kappa shape index (κ1) is 13.7. The summed E-state index contributed by atoms with van der Waals surface area (Å²) in [6.45, 7) is 7.93. The predicted octanol–water partition coefficient (Wildman–Crippen LogP) is 2.27. The van der Waals surface area contributed by atoms with Crippen LogP contribution in [0.4, 0.5) is 0 Å². The van der Waals surface area contributed by atoms with Gasteiger partial charge in [0, 0.05) is 36.2 Å². The highest BCUT2D eigenvalue weighted by Crippen LogP contribution is 2.17. The lowest BCUT2D eigenvalue weighted by atomic mass is 10.1. The van der Waals surface area contributed by atoms with E-state index in [9.17, 15) is 4.79 Å². The molecule has 1 aliphatic heterocycles. The van der Waals surface area contributed by atoms with Crippen LogP contribution >= 0.6 is 15.9 Å². The number of nitrogens with zero attached hydrogens (tertiary/aromatic N) is 2. The Bertz CT molecular complexity index is 414. The van der Waals surface area contributed by atoms with Crippen molar-refractivity contribution < 1.29 is 4.79 Å². The van der Waals surface area contributed by atoms with Gasteiger partial charge < -0.3 is 4.90 Å². The molecule has 1 fully saturated rings. The number of carbonyl (C=O) groups excluding carboxylic acids is 1. The maximum absolute atomic E-state index is 12.2. The largest absolute Gasteiger partial charge is 0.301 e. The monoisotopic (exact) mass is 310 g/mol. The van der Waals surface area contributed by atoms with Gasteiger partial charge in [-0.15, -0.1) is 0 Å². The Balaban J connectivity index is 1.91. The van der Waals surface area contributed by atoms with Gasteiger partial charge in [-0.1, -0.05) is 41.1 Å². The van der Waals surface area contributed by atoms with Gasteiger partial charge in [0.25, 0.3) is 0 Å². The van der Waals surface area contributed by atoms with Crippen molar-refractivity contribution in [3.8, 4) is 0 Å². The summed E-state index contributed by atoms with van der Waals surface area (Å²) in [6.07, 6.45) is 0. The summed E-state index contributed by atoms with van der Waals surface area (Å²) >= 11 is 3.43. The van der Waals surface area contributed by atoms with Gasteiger partial charge in [-0.2, -0.15) is 0 Å². The molecule has 1 aromatic rings. The Labute approximate surface area is 117 Å². The Hall–Kier alpha value is -0.710. The molecule has 0 spiro atoms. The number of carbonyl (C=O) groups is 1. The van der Waals surface area contributed by atoms with E-state index in [2.05, 4.69) is 32.7 Å². The van der Waals surface area contributed by atoms with Gasteiger partial charge in [-0.3, -0.25) is 9.69 Å². The second kappa shape index (κ2) is 6.45. The second-order valence-corrected chi connectivity index (χ2v) is 5.47. The highest BCUT2D eigenvalue weighted by molar-refractivity contribution is 9.10. The minimum absolute atomic E-state index is 0.201. The predicted molar refractivity (Wildman–Crippen MR) is 77.0 cm³/mol. The van der Waals surface area contributed by atoms with Crippen molar-refractivity contribution in [2.75, 3.05) is 39.3 Å². The van der Waals surface area contributed by atoms with E-state index >= 15 is 0 Å². The van der Waals surface area contributed by atoms with E-state index in [0.29, 0.717) is 6.54 Å². The molecular formula is C14H19BrN2O. The molecule has 1 aromatic carbocycles. The van der Waals surface area contributed by atoms with Crippen LogP contribution in [0.15, 0.2) is 28.7 Å². The summed E-state index contributed by atoms with van der Waals surface area (Å²) in [4.78, 5) is 16.9. The molecule has 0 bridgehead atoms. The SMILES string of the molecule is CCN1CCN(CC(=O)c2ccccc2Br)CC1. The van der Waals surface area contributed by atoms with Crippen molar-refractivity contribution in [1.82, 2.24) is 9.80 Å². The zero-order chi connectivity index (χ0) is 13.0. The molecule has 0 amide bonds. The number of halogens is 1. The average Bonchev–Trinajstić information content (AvgIpc) is 2.40. The van der Waals surface area contributed by atoms with E-state index in [-0.39, 0.29) is 5.78 Å². The molecule has 0 N–H and O–H groups in total. The number of piperazine rings is 1. The third-order valence-corrected chi connectivity index (χ3v) is 4.15. The summed E-state index contributed by atoms with van der Waals surface area (Å²) in [5.41, 5.74) is 0.787. The first-order chi connectivity index (χ1) is 8.70. The summed E-state index contributed by atoms with van der Waals surface area (Å²) in [5, 5.41) is 0. The molecule has 0 saturated carbocycles. The molecule has 1 saturated heterocycles. The van der Waals surface area contributed by atoms with Gasteiger partial charge in [0.2, 0.25) is 0 Å². The zero-order valence-electron chi connectivity index (χ0n) is 10.7. The van der Waals surface area contributed by atoms with Crippen LogP contribution in [0.2, 0.25) is 0 Å². The highest BCUT2D eigenvalue weighted by Gasteiger charge is 2.19. The van der Waals surface area contributed by atoms with E-state index < -0.39 is 0 Å². The fourth-order valence-corrected chi connectivity index (χ4v) is 2.75. The van der Waals surface area contributed by atoms with Gasteiger partial charge in [-0.25, -0.2) is 0 Å². The number of likely N-dealkylation sites (N-methyl/N-ethyl adjacent to an activating group) is 1. The lowest BCUT2D eigenvalue weighted by molar-refractivity contribution is 0.0858. The minimum atomic E-state index is 0.201. The summed E-state index contributed by atoms with van der Waals surface area (Å²) in [7, 11) is 0. The van der Waals surface area contributed by atoms with Gasteiger partial charge in [0.15, 0.2) is 5.78 Å². The van der Waals surface area contributed by atoms with Crippen LogP contribution in [0.5, 0.6) is 0 Å². The lowest BCUT2D eigenvalue weighted by Crippen LogP contribution is -2.47. The quantitative estimate of drug-likeness (QED) is 0.797. The van der Waals surface area contributed by atoms with Crippen LogP contribution in [0, 0.1) is 0 Å². The number of hydrogen-bond acceptors (Lipinski definition) is 3. The Morgan fingerprint density at radius 3 is 2.39 bits per heavy atom. The summed E-state index contributed by atoms with van der Waals surface area (Å²) in [5.74, 6) is 0.201. The van der Waals surface area contributed by atoms with Gasteiger partial charge >= 0.3 is 0 Å². The Morgan fingerprint density at radius 1 is 1.17 bits per heavy atom. The van der Waals surface area contributed by atoms with Crippen molar-refractivity contribution >= 4 is 21.7 Å². The molecule has 0 aliphatic carbocycles. The molecule has 18 heavy (non-hydrogen) atoms. The molecular weight excluding hydrogens is 292 g/mol. The maximum Gasteiger partial charge on any atom is 0.177 e. The molecule has 4 heteroatoms. The van der Waals surface area contributed by atoms with Crippen LogP contribution in [-0.4, -0.2) is 54.9 Å². The van der Waals surface area contributed by atoms with E-state index in [1.165, 1.54) is 0 Å². The molecule has 1 aliphatic rings.